The molecular weight excluding hydrogens is 206 g/mol. The number of nitrogens with one attached hydrogen (secondary N) is 1. The molecule has 1 aromatic rings. The van der Waals surface area contributed by atoms with Crippen molar-refractivity contribution in [3.63, 3.8) is 0 Å². The van der Waals surface area contributed by atoms with Crippen LogP contribution in [0.3, 0.4) is 0 Å². The van der Waals surface area contributed by atoms with Crippen LogP contribution in [0.2, 0.25) is 0 Å². The molecule has 6 heteroatoms. The molecule has 1 aliphatic heterocycles. The SMILES string of the molecule is COCCNCCN1CCn2cnnc2C1. The number of ether oxygens (including phenoxy) is 1. The first-order valence-corrected chi connectivity index (χ1v) is 5.69. The summed E-state index contributed by atoms with van der Waals surface area (Å²) in [6, 6.07) is 0. The first kappa shape index (κ1) is 11.5. The van der Waals surface area contributed by atoms with E-state index in [0.29, 0.717) is 0 Å². The van der Waals surface area contributed by atoms with E-state index in [1.165, 1.54) is 0 Å². The van der Waals surface area contributed by atoms with Gasteiger partial charge in [-0.2, -0.15) is 0 Å². The third kappa shape index (κ3) is 3.01. The van der Waals surface area contributed by atoms with Gasteiger partial charge in [0.15, 0.2) is 0 Å². The third-order valence-electron chi connectivity index (χ3n) is 2.81. The number of hydrogen-bond donors (Lipinski definition) is 1. The van der Waals surface area contributed by atoms with Crippen LogP contribution in [0.1, 0.15) is 5.82 Å². The molecule has 0 aromatic carbocycles. The molecule has 1 N–H and O–H groups in total. The zero-order chi connectivity index (χ0) is 11.2. The Bertz CT molecular complexity index is 314. The summed E-state index contributed by atoms with van der Waals surface area (Å²) in [4.78, 5) is 2.39. The van der Waals surface area contributed by atoms with Gasteiger partial charge in [0.2, 0.25) is 0 Å². The van der Waals surface area contributed by atoms with Gasteiger partial charge >= 0.3 is 0 Å². The van der Waals surface area contributed by atoms with E-state index in [1.54, 1.807) is 7.11 Å². The first-order valence-electron chi connectivity index (χ1n) is 5.69. The molecule has 0 bridgehead atoms. The molecule has 0 amide bonds. The molecule has 0 spiro atoms. The van der Waals surface area contributed by atoms with Crippen molar-refractivity contribution in [3.05, 3.63) is 12.2 Å². The van der Waals surface area contributed by atoms with Crippen molar-refractivity contribution in [1.82, 2.24) is 25.0 Å². The maximum absolute atomic E-state index is 4.97. The van der Waals surface area contributed by atoms with Crippen LogP contribution in [0, 0.1) is 0 Å². The number of rotatable bonds is 6. The van der Waals surface area contributed by atoms with Gasteiger partial charge in [0, 0.05) is 39.8 Å². The molecular formula is C10H19N5O. The molecule has 90 valence electrons. The molecule has 2 rings (SSSR count). The zero-order valence-electron chi connectivity index (χ0n) is 9.72. The minimum absolute atomic E-state index is 0.772. The lowest BCUT2D eigenvalue weighted by Gasteiger charge is -2.26. The Balaban J connectivity index is 1.65. The maximum Gasteiger partial charge on any atom is 0.147 e. The third-order valence-corrected chi connectivity index (χ3v) is 2.81. The van der Waals surface area contributed by atoms with Crippen LogP contribution >= 0.6 is 0 Å². The lowest BCUT2D eigenvalue weighted by Crippen LogP contribution is -2.38. The highest BCUT2D eigenvalue weighted by molar-refractivity contribution is 4.89. The van der Waals surface area contributed by atoms with Crippen molar-refractivity contribution in [1.29, 1.82) is 0 Å². The second kappa shape index (κ2) is 5.93. The smallest absolute Gasteiger partial charge is 0.147 e. The van der Waals surface area contributed by atoms with Crippen LogP contribution < -0.4 is 5.32 Å². The van der Waals surface area contributed by atoms with Crippen molar-refractivity contribution in [2.45, 2.75) is 13.1 Å². The predicted molar refractivity (Wildman–Crippen MR) is 60.0 cm³/mol. The molecule has 1 aromatic heterocycles. The fraction of sp³-hybridized carbons (Fsp3) is 0.800. The van der Waals surface area contributed by atoms with E-state index in [0.717, 1.165) is 51.7 Å². The first-order chi connectivity index (χ1) is 7.90. The highest BCUT2D eigenvalue weighted by atomic mass is 16.5. The Morgan fingerprint density at radius 1 is 1.44 bits per heavy atom. The Morgan fingerprint density at radius 2 is 2.38 bits per heavy atom. The largest absolute Gasteiger partial charge is 0.383 e. The minimum Gasteiger partial charge on any atom is -0.383 e. The minimum atomic E-state index is 0.772. The van der Waals surface area contributed by atoms with Crippen molar-refractivity contribution in [2.75, 3.05) is 39.9 Å². The fourth-order valence-corrected chi connectivity index (χ4v) is 1.84. The van der Waals surface area contributed by atoms with Crippen molar-refractivity contribution >= 4 is 0 Å². The van der Waals surface area contributed by atoms with Gasteiger partial charge < -0.3 is 14.6 Å². The highest BCUT2D eigenvalue weighted by Gasteiger charge is 2.16. The van der Waals surface area contributed by atoms with Gasteiger partial charge in [-0.15, -0.1) is 10.2 Å². The van der Waals surface area contributed by atoms with Crippen LogP contribution in [0.25, 0.3) is 0 Å². The number of hydrogen-bond acceptors (Lipinski definition) is 5. The molecule has 0 unspecified atom stereocenters. The van der Waals surface area contributed by atoms with Gasteiger partial charge in [0.25, 0.3) is 0 Å². The van der Waals surface area contributed by atoms with E-state index < -0.39 is 0 Å². The van der Waals surface area contributed by atoms with Crippen LogP contribution in [0.5, 0.6) is 0 Å². The van der Waals surface area contributed by atoms with Gasteiger partial charge in [0.05, 0.1) is 13.2 Å². The van der Waals surface area contributed by atoms with Crippen LogP contribution in [-0.4, -0.2) is 59.6 Å². The monoisotopic (exact) mass is 225 g/mol. The van der Waals surface area contributed by atoms with Gasteiger partial charge in [-0.3, -0.25) is 4.90 Å². The summed E-state index contributed by atoms with van der Waals surface area (Å²) >= 11 is 0. The molecule has 0 atom stereocenters. The average Bonchev–Trinajstić information content (AvgIpc) is 2.76. The van der Waals surface area contributed by atoms with Crippen LogP contribution in [0.4, 0.5) is 0 Å². The Morgan fingerprint density at radius 3 is 3.25 bits per heavy atom. The average molecular weight is 225 g/mol. The molecule has 0 aliphatic carbocycles. The van der Waals surface area contributed by atoms with Crippen molar-refractivity contribution in [2.24, 2.45) is 0 Å². The normalized spacial score (nSPS) is 16.3. The number of methoxy groups -OCH3 is 1. The van der Waals surface area contributed by atoms with Gasteiger partial charge in [0.1, 0.15) is 12.2 Å². The van der Waals surface area contributed by atoms with Crippen molar-refractivity contribution in [3.8, 4) is 0 Å². The number of aromatic nitrogens is 3. The predicted octanol–water partition coefficient (Wildman–Crippen LogP) is -0.670. The lowest BCUT2D eigenvalue weighted by atomic mass is 10.3. The summed E-state index contributed by atoms with van der Waals surface area (Å²) in [5, 5.41) is 11.4. The molecule has 2 heterocycles. The van der Waals surface area contributed by atoms with Gasteiger partial charge in [-0.1, -0.05) is 0 Å². The van der Waals surface area contributed by atoms with Gasteiger partial charge in [-0.25, -0.2) is 0 Å². The Hall–Kier alpha value is -0.980. The highest BCUT2D eigenvalue weighted by Crippen LogP contribution is 2.07. The molecule has 0 fully saturated rings. The fourth-order valence-electron chi connectivity index (χ4n) is 1.84. The molecule has 0 radical (unpaired) electrons. The van der Waals surface area contributed by atoms with E-state index in [4.69, 9.17) is 4.74 Å². The van der Waals surface area contributed by atoms with Crippen LogP contribution in [-0.2, 0) is 17.8 Å². The summed E-state index contributed by atoms with van der Waals surface area (Å²) in [6.07, 6.45) is 1.81. The maximum atomic E-state index is 4.97. The summed E-state index contributed by atoms with van der Waals surface area (Å²) in [7, 11) is 1.72. The Kier molecular flexibility index (Phi) is 4.26. The van der Waals surface area contributed by atoms with Crippen molar-refractivity contribution < 1.29 is 4.74 Å². The molecule has 6 nitrogen and oxygen atoms in total. The topological polar surface area (TPSA) is 55.2 Å². The van der Waals surface area contributed by atoms with Crippen LogP contribution in [0.15, 0.2) is 6.33 Å². The molecule has 0 saturated heterocycles. The van der Waals surface area contributed by atoms with E-state index in [1.807, 2.05) is 6.33 Å². The summed E-state index contributed by atoms with van der Waals surface area (Å²) in [5.74, 6) is 1.07. The quantitative estimate of drug-likeness (QED) is 0.651. The van der Waals surface area contributed by atoms with E-state index in [2.05, 4.69) is 25.0 Å². The number of fused-ring (bicyclic) bond motifs is 1. The second-order valence-corrected chi connectivity index (χ2v) is 3.96. The van der Waals surface area contributed by atoms with E-state index in [9.17, 15) is 0 Å². The second-order valence-electron chi connectivity index (χ2n) is 3.96. The lowest BCUT2D eigenvalue weighted by molar-refractivity contribution is 0.190. The molecule has 1 aliphatic rings. The standard InChI is InChI=1S/C10H19N5O/c1-16-7-3-11-2-4-14-5-6-15-9-12-13-10(15)8-14/h9,11H,2-8H2,1H3. The number of nitrogens with zero attached hydrogens (tertiary/aromatic N) is 4. The van der Waals surface area contributed by atoms with E-state index >= 15 is 0 Å². The molecule has 16 heavy (non-hydrogen) atoms. The molecule has 0 saturated carbocycles. The summed E-state index contributed by atoms with van der Waals surface area (Å²) < 4.78 is 7.09. The van der Waals surface area contributed by atoms with E-state index in [-0.39, 0.29) is 0 Å². The Labute approximate surface area is 95.6 Å². The van der Waals surface area contributed by atoms with Gasteiger partial charge in [-0.05, 0) is 0 Å². The zero-order valence-corrected chi connectivity index (χ0v) is 9.72. The summed E-state index contributed by atoms with van der Waals surface area (Å²) in [5.41, 5.74) is 0. The summed E-state index contributed by atoms with van der Waals surface area (Å²) in [6.45, 7) is 6.73.